The molecule has 2 aromatic rings. The molecule has 19 heavy (non-hydrogen) atoms. The summed E-state index contributed by atoms with van der Waals surface area (Å²) in [5.74, 6) is 1.51. The first kappa shape index (κ1) is 13.6. The van der Waals surface area contributed by atoms with Gasteiger partial charge in [0.2, 0.25) is 0 Å². The third-order valence-corrected chi connectivity index (χ3v) is 3.06. The van der Waals surface area contributed by atoms with Crippen LogP contribution in [0.25, 0.3) is 0 Å². The maximum atomic E-state index is 9.72. The van der Waals surface area contributed by atoms with Gasteiger partial charge in [0, 0.05) is 5.56 Å². The predicted molar refractivity (Wildman–Crippen MR) is 77.6 cm³/mol. The van der Waals surface area contributed by atoms with Gasteiger partial charge in [-0.25, -0.2) is 0 Å². The Kier molecular flexibility index (Phi) is 4.58. The number of hydrogen-bond acceptors (Lipinski definition) is 2. The van der Waals surface area contributed by atoms with Crippen molar-refractivity contribution in [2.45, 2.75) is 32.8 Å². The highest BCUT2D eigenvalue weighted by Crippen LogP contribution is 2.29. The van der Waals surface area contributed by atoms with Gasteiger partial charge in [0.15, 0.2) is 0 Å². The number of hydrogen-bond donors (Lipinski definition) is 1. The minimum absolute atomic E-state index is 0.532. The minimum Gasteiger partial charge on any atom is -0.457 e. The van der Waals surface area contributed by atoms with E-state index in [0.717, 1.165) is 24.2 Å². The molecule has 100 valence electrons. The monoisotopic (exact) mass is 256 g/mol. The lowest BCUT2D eigenvalue weighted by molar-refractivity contribution is 0.195. The molecule has 0 bridgehead atoms. The van der Waals surface area contributed by atoms with Crippen molar-refractivity contribution in [2.24, 2.45) is 0 Å². The van der Waals surface area contributed by atoms with Gasteiger partial charge in [-0.1, -0.05) is 43.7 Å². The van der Waals surface area contributed by atoms with Crippen LogP contribution in [0.5, 0.6) is 11.5 Å². The molecule has 0 aliphatic heterocycles. The SMILES string of the molecule is CCCc1ccc(Oc2ccccc2C(C)O)cc1. The zero-order valence-electron chi connectivity index (χ0n) is 11.5. The first-order valence-electron chi connectivity index (χ1n) is 6.74. The molecule has 0 amide bonds. The number of rotatable bonds is 5. The van der Waals surface area contributed by atoms with Crippen molar-refractivity contribution in [1.82, 2.24) is 0 Å². The number of benzene rings is 2. The Bertz CT molecular complexity index is 515. The fourth-order valence-electron chi connectivity index (χ4n) is 2.06. The molecule has 0 saturated carbocycles. The van der Waals surface area contributed by atoms with E-state index in [1.54, 1.807) is 6.92 Å². The predicted octanol–water partition coefficient (Wildman–Crippen LogP) is 4.48. The maximum absolute atomic E-state index is 9.72. The Morgan fingerprint density at radius 3 is 2.37 bits per heavy atom. The second-order valence-electron chi connectivity index (χ2n) is 4.71. The Morgan fingerprint density at radius 1 is 1.05 bits per heavy atom. The van der Waals surface area contributed by atoms with Crippen molar-refractivity contribution in [1.29, 1.82) is 0 Å². The van der Waals surface area contributed by atoms with Crippen LogP contribution in [0.1, 0.15) is 37.5 Å². The quantitative estimate of drug-likeness (QED) is 0.854. The highest BCUT2D eigenvalue weighted by Gasteiger charge is 2.08. The topological polar surface area (TPSA) is 29.5 Å². The van der Waals surface area contributed by atoms with Gasteiger partial charge in [-0.05, 0) is 37.1 Å². The Hall–Kier alpha value is -1.80. The molecule has 2 heteroatoms. The normalized spacial score (nSPS) is 12.2. The molecule has 2 aromatic carbocycles. The summed E-state index contributed by atoms with van der Waals surface area (Å²) in [5, 5.41) is 9.72. The van der Waals surface area contributed by atoms with Crippen LogP contribution in [-0.4, -0.2) is 5.11 Å². The van der Waals surface area contributed by atoms with Gasteiger partial charge in [0.1, 0.15) is 11.5 Å². The summed E-state index contributed by atoms with van der Waals surface area (Å²) in [4.78, 5) is 0. The molecule has 1 atom stereocenters. The first-order valence-corrected chi connectivity index (χ1v) is 6.74. The van der Waals surface area contributed by atoms with Crippen LogP contribution in [0.4, 0.5) is 0 Å². The molecule has 0 heterocycles. The molecule has 1 unspecified atom stereocenters. The van der Waals surface area contributed by atoms with E-state index < -0.39 is 6.10 Å². The van der Waals surface area contributed by atoms with Gasteiger partial charge in [-0.3, -0.25) is 0 Å². The van der Waals surface area contributed by atoms with Crippen molar-refractivity contribution in [3.63, 3.8) is 0 Å². The standard InChI is InChI=1S/C17H20O2/c1-3-6-14-9-11-15(12-10-14)19-17-8-5-4-7-16(17)13(2)18/h4-5,7-13,18H,3,6H2,1-2H3. The van der Waals surface area contributed by atoms with Crippen molar-refractivity contribution < 1.29 is 9.84 Å². The van der Waals surface area contributed by atoms with Gasteiger partial charge < -0.3 is 9.84 Å². The van der Waals surface area contributed by atoms with Crippen LogP contribution in [0.3, 0.4) is 0 Å². The Labute approximate surface area is 114 Å². The zero-order chi connectivity index (χ0) is 13.7. The number of para-hydroxylation sites is 1. The van der Waals surface area contributed by atoms with E-state index in [-0.39, 0.29) is 0 Å². The number of ether oxygens (including phenoxy) is 1. The first-order chi connectivity index (χ1) is 9.20. The third kappa shape index (κ3) is 3.58. The van der Waals surface area contributed by atoms with E-state index in [4.69, 9.17) is 4.74 Å². The van der Waals surface area contributed by atoms with Crippen LogP contribution in [0, 0.1) is 0 Å². The molecule has 2 rings (SSSR count). The lowest BCUT2D eigenvalue weighted by Gasteiger charge is -2.13. The second kappa shape index (κ2) is 6.39. The summed E-state index contributed by atoms with van der Waals surface area (Å²) >= 11 is 0. The van der Waals surface area contributed by atoms with E-state index in [1.807, 2.05) is 36.4 Å². The second-order valence-corrected chi connectivity index (χ2v) is 4.71. The minimum atomic E-state index is -0.532. The summed E-state index contributed by atoms with van der Waals surface area (Å²) in [6.45, 7) is 3.91. The van der Waals surface area contributed by atoms with Gasteiger partial charge in [0.25, 0.3) is 0 Å². The lowest BCUT2D eigenvalue weighted by atomic mass is 10.1. The summed E-state index contributed by atoms with van der Waals surface area (Å²) < 4.78 is 5.84. The largest absolute Gasteiger partial charge is 0.457 e. The van der Waals surface area contributed by atoms with E-state index in [9.17, 15) is 5.11 Å². The van der Waals surface area contributed by atoms with E-state index in [2.05, 4.69) is 19.1 Å². The third-order valence-electron chi connectivity index (χ3n) is 3.06. The van der Waals surface area contributed by atoms with E-state index >= 15 is 0 Å². The van der Waals surface area contributed by atoms with Gasteiger partial charge in [0.05, 0.1) is 6.10 Å². The molecule has 0 saturated heterocycles. The molecule has 0 aliphatic rings. The fraction of sp³-hybridized carbons (Fsp3) is 0.294. The molecule has 0 spiro atoms. The van der Waals surface area contributed by atoms with E-state index in [0.29, 0.717) is 5.75 Å². The molecular weight excluding hydrogens is 236 g/mol. The maximum Gasteiger partial charge on any atom is 0.133 e. The number of aliphatic hydroxyl groups is 1. The highest BCUT2D eigenvalue weighted by atomic mass is 16.5. The zero-order valence-corrected chi connectivity index (χ0v) is 11.5. The smallest absolute Gasteiger partial charge is 0.133 e. The molecule has 1 N–H and O–H groups in total. The van der Waals surface area contributed by atoms with E-state index in [1.165, 1.54) is 5.56 Å². The van der Waals surface area contributed by atoms with Crippen LogP contribution in [-0.2, 0) is 6.42 Å². The van der Waals surface area contributed by atoms with Crippen LogP contribution in [0.15, 0.2) is 48.5 Å². The average Bonchev–Trinajstić information content (AvgIpc) is 2.42. The van der Waals surface area contributed by atoms with Crippen molar-refractivity contribution in [3.05, 3.63) is 59.7 Å². The Morgan fingerprint density at radius 2 is 1.74 bits per heavy atom. The van der Waals surface area contributed by atoms with Crippen LogP contribution in [0.2, 0.25) is 0 Å². The fourth-order valence-corrected chi connectivity index (χ4v) is 2.06. The summed E-state index contributed by atoms with van der Waals surface area (Å²) in [7, 11) is 0. The molecule has 0 aromatic heterocycles. The number of aliphatic hydroxyl groups excluding tert-OH is 1. The van der Waals surface area contributed by atoms with Crippen molar-refractivity contribution >= 4 is 0 Å². The average molecular weight is 256 g/mol. The van der Waals surface area contributed by atoms with Gasteiger partial charge in [-0.15, -0.1) is 0 Å². The van der Waals surface area contributed by atoms with Gasteiger partial charge >= 0.3 is 0 Å². The van der Waals surface area contributed by atoms with Gasteiger partial charge in [-0.2, -0.15) is 0 Å². The lowest BCUT2D eigenvalue weighted by Crippen LogP contribution is -1.95. The summed E-state index contributed by atoms with van der Waals surface area (Å²) in [6, 6.07) is 15.7. The highest BCUT2D eigenvalue weighted by molar-refractivity contribution is 5.39. The van der Waals surface area contributed by atoms with Crippen molar-refractivity contribution in [2.75, 3.05) is 0 Å². The Balaban J connectivity index is 2.17. The van der Waals surface area contributed by atoms with Crippen LogP contribution < -0.4 is 4.74 Å². The molecule has 0 radical (unpaired) electrons. The molecule has 2 nitrogen and oxygen atoms in total. The van der Waals surface area contributed by atoms with Crippen LogP contribution >= 0.6 is 0 Å². The van der Waals surface area contributed by atoms with Crippen molar-refractivity contribution in [3.8, 4) is 11.5 Å². The molecule has 0 fully saturated rings. The number of aryl methyl sites for hydroxylation is 1. The summed E-state index contributed by atoms with van der Waals surface area (Å²) in [5.41, 5.74) is 2.12. The molecule has 0 aliphatic carbocycles. The molecular formula is C17H20O2. The summed E-state index contributed by atoms with van der Waals surface area (Å²) in [6.07, 6.45) is 1.70.